The first-order valence-corrected chi connectivity index (χ1v) is 5.05. The number of nitrogens with one attached hydrogen (secondary N) is 1. The van der Waals surface area contributed by atoms with Crippen molar-refractivity contribution >= 4 is 24.0 Å². The van der Waals surface area contributed by atoms with E-state index in [1.165, 1.54) is 12.0 Å². The van der Waals surface area contributed by atoms with E-state index < -0.39 is 0 Å². The Morgan fingerprint density at radius 2 is 1.93 bits per heavy atom. The highest BCUT2D eigenvalue weighted by molar-refractivity contribution is 6.30. The second-order valence-corrected chi connectivity index (χ2v) is 4.43. The van der Waals surface area contributed by atoms with Gasteiger partial charge in [-0.1, -0.05) is 30.7 Å². The summed E-state index contributed by atoms with van der Waals surface area (Å²) in [6, 6.07) is 8.21. The van der Waals surface area contributed by atoms with Crippen molar-refractivity contribution in [3.8, 4) is 0 Å². The van der Waals surface area contributed by atoms with Crippen molar-refractivity contribution in [3.05, 3.63) is 34.9 Å². The molecule has 1 unspecified atom stereocenters. The fourth-order valence-corrected chi connectivity index (χ4v) is 2.04. The minimum atomic E-state index is 0. The minimum absolute atomic E-state index is 0. The summed E-state index contributed by atoms with van der Waals surface area (Å²) in [5.41, 5.74) is 1.70. The van der Waals surface area contributed by atoms with Gasteiger partial charge in [-0.25, -0.2) is 0 Å². The van der Waals surface area contributed by atoms with Gasteiger partial charge in [0.15, 0.2) is 0 Å². The van der Waals surface area contributed by atoms with E-state index in [1.54, 1.807) is 0 Å². The lowest BCUT2D eigenvalue weighted by molar-refractivity contribution is 0.525. The molecule has 3 heteroatoms. The Balaban J connectivity index is 0.000000980. The molecule has 0 saturated carbocycles. The van der Waals surface area contributed by atoms with E-state index >= 15 is 0 Å². The van der Waals surface area contributed by atoms with Gasteiger partial charge in [-0.3, -0.25) is 0 Å². The zero-order chi connectivity index (χ0) is 9.31. The number of benzene rings is 1. The zero-order valence-electron chi connectivity index (χ0n) is 8.22. The Morgan fingerprint density at radius 3 is 2.43 bits per heavy atom. The summed E-state index contributed by atoms with van der Waals surface area (Å²) in [5, 5.41) is 4.21. The molecule has 2 rings (SSSR count). The van der Waals surface area contributed by atoms with Crippen molar-refractivity contribution in [1.29, 1.82) is 0 Å². The molecule has 1 aliphatic heterocycles. The second kappa shape index (κ2) is 4.52. The molecule has 0 spiro atoms. The smallest absolute Gasteiger partial charge is 0.0406 e. The molecule has 0 radical (unpaired) electrons. The molecule has 0 bridgehead atoms. The van der Waals surface area contributed by atoms with E-state index in [-0.39, 0.29) is 12.4 Å². The summed E-state index contributed by atoms with van der Waals surface area (Å²) < 4.78 is 0. The van der Waals surface area contributed by atoms with E-state index in [9.17, 15) is 0 Å². The summed E-state index contributed by atoms with van der Waals surface area (Å²) in [5.74, 6) is 0. The van der Waals surface area contributed by atoms with Gasteiger partial charge in [-0.2, -0.15) is 0 Å². The van der Waals surface area contributed by atoms with Crippen LogP contribution in [-0.4, -0.2) is 13.1 Å². The lowest BCUT2D eigenvalue weighted by atomic mass is 9.82. The average Bonchev–Trinajstić information content (AvgIpc) is 2.54. The molecule has 1 aromatic rings. The number of rotatable bonds is 1. The van der Waals surface area contributed by atoms with Gasteiger partial charge in [0.05, 0.1) is 0 Å². The second-order valence-electron chi connectivity index (χ2n) is 3.99. The molecule has 0 aliphatic carbocycles. The number of hydrogen-bond acceptors (Lipinski definition) is 1. The van der Waals surface area contributed by atoms with Gasteiger partial charge in [0.2, 0.25) is 0 Å². The lowest BCUT2D eigenvalue weighted by Crippen LogP contribution is -2.24. The van der Waals surface area contributed by atoms with E-state index in [1.807, 2.05) is 12.1 Å². The molecule has 1 aromatic carbocycles. The van der Waals surface area contributed by atoms with Crippen molar-refractivity contribution in [2.75, 3.05) is 13.1 Å². The Labute approximate surface area is 96.3 Å². The molecule has 14 heavy (non-hydrogen) atoms. The van der Waals surface area contributed by atoms with Gasteiger partial charge < -0.3 is 5.32 Å². The molecule has 1 nitrogen and oxygen atoms in total. The monoisotopic (exact) mass is 231 g/mol. The predicted molar refractivity (Wildman–Crippen MR) is 63.5 cm³/mol. The minimum Gasteiger partial charge on any atom is -0.316 e. The Morgan fingerprint density at radius 1 is 1.29 bits per heavy atom. The van der Waals surface area contributed by atoms with Crippen molar-refractivity contribution < 1.29 is 0 Å². The fraction of sp³-hybridized carbons (Fsp3) is 0.455. The van der Waals surface area contributed by atoms with E-state index in [0.717, 1.165) is 18.1 Å². The Hall–Kier alpha value is -0.240. The highest BCUT2D eigenvalue weighted by Crippen LogP contribution is 2.30. The predicted octanol–water partition coefficient (Wildman–Crippen LogP) is 3.01. The van der Waals surface area contributed by atoms with Gasteiger partial charge in [-0.15, -0.1) is 12.4 Å². The van der Waals surface area contributed by atoms with Crippen LogP contribution in [0.3, 0.4) is 0 Å². The lowest BCUT2D eigenvalue weighted by Gasteiger charge is -2.23. The quantitative estimate of drug-likeness (QED) is 0.784. The summed E-state index contributed by atoms with van der Waals surface area (Å²) in [6.45, 7) is 4.50. The maximum Gasteiger partial charge on any atom is 0.0406 e. The zero-order valence-corrected chi connectivity index (χ0v) is 9.79. The van der Waals surface area contributed by atoms with Gasteiger partial charge in [0.1, 0.15) is 0 Å². The van der Waals surface area contributed by atoms with Crippen molar-refractivity contribution in [1.82, 2.24) is 5.32 Å². The van der Waals surface area contributed by atoms with Gasteiger partial charge in [0, 0.05) is 17.0 Å². The fourth-order valence-electron chi connectivity index (χ4n) is 1.92. The topological polar surface area (TPSA) is 12.0 Å². The molecule has 1 aliphatic rings. The molecule has 1 fully saturated rings. The summed E-state index contributed by atoms with van der Waals surface area (Å²) in [6.07, 6.45) is 1.22. The van der Waals surface area contributed by atoms with Crippen LogP contribution in [-0.2, 0) is 5.41 Å². The van der Waals surface area contributed by atoms with Gasteiger partial charge in [0.25, 0.3) is 0 Å². The molecule has 0 aromatic heterocycles. The van der Waals surface area contributed by atoms with Crippen LogP contribution in [0.4, 0.5) is 0 Å². The number of hydrogen-bond donors (Lipinski definition) is 1. The SMILES string of the molecule is CC1(c2ccc(Cl)cc2)CCNC1.Cl. The van der Waals surface area contributed by atoms with Crippen LogP contribution in [0, 0.1) is 0 Å². The van der Waals surface area contributed by atoms with Crippen molar-refractivity contribution in [2.24, 2.45) is 0 Å². The molecule has 1 heterocycles. The van der Waals surface area contributed by atoms with Gasteiger partial charge >= 0.3 is 0 Å². The standard InChI is InChI=1S/C11H14ClN.ClH/c1-11(6-7-13-8-11)9-2-4-10(12)5-3-9;/h2-5,13H,6-8H2,1H3;1H. The summed E-state index contributed by atoms with van der Waals surface area (Å²) in [4.78, 5) is 0. The van der Waals surface area contributed by atoms with Crippen LogP contribution in [0.5, 0.6) is 0 Å². The van der Waals surface area contributed by atoms with Crippen LogP contribution in [0.2, 0.25) is 5.02 Å². The van der Waals surface area contributed by atoms with Crippen LogP contribution in [0.25, 0.3) is 0 Å². The first-order chi connectivity index (χ1) is 6.21. The van der Waals surface area contributed by atoms with Crippen LogP contribution in [0.15, 0.2) is 24.3 Å². The van der Waals surface area contributed by atoms with Crippen molar-refractivity contribution in [2.45, 2.75) is 18.8 Å². The molecule has 1 N–H and O–H groups in total. The third kappa shape index (κ3) is 2.22. The summed E-state index contributed by atoms with van der Waals surface area (Å²) in [7, 11) is 0. The first kappa shape index (κ1) is 11.8. The van der Waals surface area contributed by atoms with Crippen LogP contribution >= 0.6 is 24.0 Å². The van der Waals surface area contributed by atoms with E-state index in [2.05, 4.69) is 24.4 Å². The molecular weight excluding hydrogens is 217 g/mol. The molecular formula is C11H15Cl2N. The number of halogens is 2. The average molecular weight is 232 g/mol. The van der Waals surface area contributed by atoms with Crippen molar-refractivity contribution in [3.63, 3.8) is 0 Å². The molecule has 1 saturated heterocycles. The first-order valence-electron chi connectivity index (χ1n) is 4.67. The third-order valence-corrected chi connectivity index (χ3v) is 3.16. The highest BCUT2D eigenvalue weighted by Gasteiger charge is 2.29. The van der Waals surface area contributed by atoms with Gasteiger partial charge in [-0.05, 0) is 30.7 Å². The molecule has 1 atom stereocenters. The third-order valence-electron chi connectivity index (χ3n) is 2.91. The van der Waals surface area contributed by atoms with Crippen LogP contribution in [0.1, 0.15) is 18.9 Å². The Bertz CT molecular complexity index is 289. The maximum absolute atomic E-state index is 5.85. The van der Waals surface area contributed by atoms with E-state index in [0.29, 0.717) is 5.41 Å². The Kier molecular flexibility index (Phi) is 3.82. The maximum atomic E-state index is 5.85. The molecule has 0 amide bonds. The van der Waals surface area contributed by atoms with Crippen LogP contribution < -0.4 is 5.32 Å². The largest absolute Gasteiger partial charge is 0.316 e. The highest BCUT2D eigenvalue weighted by atomic mass is 35.5. The molecule has 78 valence electrons. The van der Waals surface area contributed by atoms with E-state index in [4.69, 9.17) is 11.6 Å². The summed E-state index contributed by atoms with van der Waals surface area (Å²) >= 11 is 5.85. The normalized spacial score (nSPS) is 25.9.